The summed E-state index contributed by atoms with van der Waals surface area (Å²) in [5.74, 6) is -1.01. The number of rotatable bonds is 7. The molecule has 3 amide bonds. The van der Waals surface area contributed by atoms with Gasteiger partial charge in [-0.3, -0.25) is 9.69 Å². The van der Waals surface area contributed by atoms with Crippen molar-refractivity contribution < 1.29 is 22.4 Å². The lowest BCUT2D eigenvalue weighted by Gasteiger charge is -2.28. The molecule has 32 heavy (non-hydrogen) atoms. The first kappa shape index (κ1) is 22.2. The Kier molecular flexibility index (Phi) is 5.87. The van der Waals surface area contributed by atoms with Gasteiger partial charge in [0.25, 0.3) is 5.91 Å². The molecule has 1 heterocycles. The third-order valence-corrected chi connectivity index (χ3v) is 7.64. The molecule has 1 spiro atoms. The minimum atomic E-state index is -3.82. The molecule has 1 saturated heterocycles. The van der Waals surface area contributed by atoms with Crippen molar-refractivity contribution in [1.29, 1.82) is 0 Å². The van der Waals surface area contributed by atoms with Gasteiger partial charge in [-0.1, -0.05) is 36.8 Å². The van der Waals surface area contributed by atoms with Gasteiger partial charge in [0.2, 0.25) is 10.0 Å². The van der Waals surface area contributed by atoms with E-state index in [9.17, 15) is 22.4 Å². The van der Waals surface area contributed by atoms with Crippen molar-refractivity contribution in [3.63, 3.8) is 0 Å². The molecule has 2 aromatic rings. The minimum Gasteiger partial charge on any atom is -0.323 e. The van der Waals surface area contributed by atoms with Crippen molar-refractivity contribution in [2.75, 3.05) is 13.1 Å². The Hall–Kier alpha value is -3.04. The van der Waals surface area contributed by atoms with Crippen LogP contribution in [0.15, 0.2) is 66.1 Å². The van der Waals surface area contributed by atoms with Crippen LogP contribution in [-0.4, -0.2) is 43.9 Å². The number of carbonyl (C=O) groups excluding carboxylic acids is 2. The summed E-state index contributed by atoms with van der Waals surface area (Å²) in [6.45, 7) is 3.73. The van der Waals surface area contributed by atoms with Gasteiger partial charge in [0.1, 0.15) is 11.4 Å². The van der Waals surface area contributed by atoms with Crippen molar-refractivity contribution in [1.82, 2.24) is 14.9 Å². The molecule has 1 saturated carbocycles. The van der Waals surface area contributed by atoms with Crippen LogP contribution in [0.25, 0.3) is 11.1 Å². The van der Waals surface area contributed by atoms with E-state index < -0.39 is 21.6 Å². The summed E-state index contributed by atoms with van der Waals surface area (Å²) >= 11 is 0. The predicted molar refractivity (Wildman–Crippen MR) is 118 cm³/mol. The first-order valence-electron chi connectivity index (χ1n) is 10.4. The van der Waals surface area contributed by atoms with E-state index in [0.717, 1.165) is 16.0 Å². The number of halogens is 1. The van der Waals surface area contributed by atoms with Gasteiger partial charge >= 0.3 is 6.03 Å². The summed E-state index contributed by atoms with van der Waals surface area (Å²) in [5, 5.41) is 2.80. The average molecular weight is 458 g/mol. The molecule has 9 heteroatoms. The number of nitrogens with one attached hydrogen (secondary N) is 2. The Labute approximate surface area is 186 Å². The molecule has 2 aliphatic rings. The monoisotopic (exact) mass is 457 g/mol. The lowest BCUT2D eigenvalue weighted by Crippen LogP contribution is -2.53. The molecule has 0 bridgehead atoms. The maximum atomic E-state index is 13.1. The van der Waals surface area contributed by atoms with Crippen LogP contribution in [0.2, 0.25) is 0 Å². The van der Waals surface area contributed by atoms with Gasteiger partial charge in [0.15, 0.2) is 0 Å². The second kappa shape index (κ2) is 8.48. The molecule has 2 aromatic carbocycles. The second-order valence-corrected chi connectivity index (χ2v) is 9.85. The highest BCUT2D eigenvalue weighted by molar-refractivity contribution is 7.89. The first-order chi connectivity index (χ1) is 15.3. The van der Waals surface area contributed by atoms with Gasteiger partial charge in [0.05, 0.1) is 4.90 Å². The molecular weight excluding hydrogens is 433 g/mol. The molecule has 2 atom stereocenters. The van der Waals surface area contributed by atoms with Gasteiger partial charge < -0.3 is 5.32 Å². The SMILES string of the molecule is C=CCN1C(=O)NC2(CCCC2CNS(=O)(=O)c2ccc(-c3ccc(F)cc3)cc2)C1=O. The van der Waals surface area contributed by atoms with E-state index in [1.54, 1.807) is 24.3 Å². The Morgan fingerprint density at radius 3 is 2.38 bits per heavy atom. The van der Waals surface area contributed by atoms with Crippen molar-refractivity contribution >= 4 is 22.0 Å². The summed E-state index contributed by atoms with van der Waals surface area (Å²) in [6.07, 6.45) is 3.30. The number of hydrogen-bond acceptors (Lipinski definition) is 4. The van der Waals surface area contributed by atoms with E-state index in [1.165, 1.54) is 30.3 Å². The topological polar surface area (TPSA) is 95.6 Å². The quantitative estimate of drug-likeness (QED) is 0.494. The second-order valence-electron chi connectivity index (χ2n) is 8.08. The fourth-order valence-corrected chi connectivity index (χ4v) is 5.58. The van der Waals surface area contributed by atoms with E-state index in [1.807, 2.05) is 0 Å². The lowest BCUT2D eigenvalue weighted by atomic mass is 9.87. The molecule has 7 nitrogen and oxygen atoms in total. The molecule has 168 valence electrons. The van der Waals surface area contributed by atoms with E-state index >= 15 is 0 Å². The van der Waals surface area contributed by atoms with Crippen LogP contribution in [0, 0.1) is 11.7 Å². The maximum absolute atomic E-state index is 13.1. The van der Waals surface area contributed by atoms with Crippen LogP contribution in [-0.2, 0) is 14.8 Å². The van der Waals surface area contributed by atoms with Crippen LogP contribution in [0.1, 0.15) is 19.3 Å². The molecule has 0 aromatic heterocycles. The number of urea groups is 1. The summed E-state index contributed by atoms with van der Waals surface area (Å²) in [7, 11) is -3.82. The van der Waals surface area contributed by atoms with E-state index in [4.69, 9.17) is 0 Å². The number of imide groups is 1. The van der Waals surface area contributed by atoms with E-state index in [-0.39, 0.29) is 35.6 Å². The highest BCUT2D eigenvalue weighted by Crippen LogP contribution is 2.40. The van der Waals surface area contributed by atoms with Gasteiger partial charge in [-0.15, -0.1) is 6.58 Å². The van der Waals surface area contributed by atoms with Crippen LogP contribution in [0.4, 0.5) is 9.18 Å². The van der Waals surface area contributed by atoms with Gasteiger partial charge in [-0.05, 0) is 48.2 Å². The molecule has 1 aliphatic heterocycles. The lowest BCUT2D eigenvalue weighted by molar-refractivity contribution is -0.132. The molecule has 2 unspecified atom stereocenters. The Morgan fingerprint density at radius 2 is 1.75 bits per heavy atom. The molecule has 2 N–H and O–H groups in total. The standard InChI is InChI=1S/C23H24FN3O4S/c1-2-14-27-21(28)23(26-22(27)29)13-3-4-18(23)15-25-32(30,31)20-11-7-17(8-12-20)16-5-9-19(24)10-6-16/h2,5-12,18,25H,1,3-4,13-15H2,(H,26,29). The van der Waals surface area contributed by atoms with Crippen LogP contribution < -0.4 is 10.0 Å². The van der Waals surface area contributed by atoms with Crippen LogP contribution in [0.3, 0.4) is 0 Å². The zero-order valence-corrected chi connectivity index (χ0v) is 18.2. The van der Waals surface area contributed by atoms with Crippen molar-refractivity contribution in [2.24, 2.45) is 5.92 Å². The third-order valence-electron chi connectivity index (χ3n) is 6.20. The Balaban J connectivity index is 1.47. The van der Waals surface area contributed by atoms with Crippen molar-refractivity contribution in [2.45, 2.75) is 29.7 Å². The van der Waals surface area contributed by atoms with Gasteiger partial charge in [-0.25, -0.2) is 22.3 Å². The molecule has 1 aliphatic carbocycles. The highest BCUT2D eigenvalue weighted by atomic mass is 32.2. The fourth-order valence-electron chi connectivity index (χ4n) is 4.50. The molecule has 2 fully saturated rings. The maximum Gasteiger partial charge on any atom is 0.325 e. The Morgan fingerprint density at radius 1 is 1.12 bits per heavy atom. The average Bonchev–Trinajstić information content (AvgIpc) is 3.29. The number of hydrogen-bond donors (Lipinski definition) is 2. The number of benzene rings is 2. The van der Waals surface area contributed by atoms with Crippen LogP contribution in [0.5, 0.6) is 0 Å². The van der Waals surface area contributed by atoms with E-state index in [2.05, 4.69) is 16.6 Å². The summed E-state index contributed by atoms with van der Waals surface area (Å²) in [4.78, 5) is 26.4. The summed E-state index contributed by atoms with van der Waals surface area (Å²) in [5.41, 5.74) is 0.464. The fraction of sp³-hybridized carbons (Fsp3) is 0.304. The smallest absolute Gasteiger partial charge is 0.323 e. The summed E-state index contributed by atoms with van der Waals surface area (Å²) in [6, 6.07) is 11.8. The number of nitrogens with zero attached hydrogens (tertiary/aromatic N) is 1. The number of amides is 3. The van der Waals surface area contributed by atoms with Gasteiger partial charge in [0, 0.05) is 19.0 Å². The largest absolute Gasteiger partial charge is 0.325 e. The molecule has 4 rings (SSSR count). The molecule has 0 radical (unpaired) electrons. The van der Waals surface area contributed by atoms with Crippen molar-refractivity contribution in [3.8, 4) is 11.1 Å². The van der Waals surface area contributed by atoms with E-state index in [0.29, 0.717) is 19.3 Å². The number of sulfonamides is 1. The molecular formula is C23H24FN3O4S. The highest BCUT2D eigenvalue weighted by Gasteiger charge is 2.57. The summed E-state index contributed by atoms with van der Waals surface area (Å²) < 4.78 is 41.4. The number of carbonyl (C=O) groups is 2. The van der Waals surface area contributed by atoms with Crippen molar-refractivity contribution in [3.05, 3.63) is 67.0 Å². The normalized spacial score (nSPS) is 23.0. The Bertz CT molecular complexity index is 1150. The minimum absolute atomic E-state index is 0.0377. The zero-order chi connectivity index (χ0) is 22.9. The zero-order valence-electron chi connectivity index (χ0n) is 17.4. The van der Waals surface area contributed by atoms with Crippen LogP contribution >= 0.6 is 0 Å². The first-order valence-corrected chi connectivity index (χ1v) is 11.9. The van der Waals surface area contributed by atoms with Gasteiger partial charge in [-0.2, -0.15) is 0 Å². The predicted octanol–water partition coefficient (Wildman–Crippen LogP) is 3.05. The third kappa shape index (κ3) is 3.93.